The molecule has 142 valence electrons. The first-order valence-corrected chi connectivity index (χ1v) is 10.1. The summed E-state index contributed by atoms with van der Waals surface area (Å²) in [6.07, 6.45) is 4.16. The van der Waals surface area contributed by atoms with E-state index < -0.39 is 5.97 Å². The highest BCUT2D eigenvalue weighted by molar-refractivity contribution is 7.99. The lowest BCUT2D eigenvalue weighted by Gasteiger charge is -2.28. The fraction of sp³-hybridized carbons (Fsp3) is 0.667. The Bertz CT molecular complexity index is 545. The number of thioether (sulfide) groups is 1. The van der Waals surface area contributed by atoms with Crippen molar-refractivity contribution >= 4 is 17.7 Å². The molecule has 0 unspecified atom stereocenters. The zero-order valence-electron chi connectivity index (χ0n) is 16.6. The molecule has 0 aliphatic heterocycles. The van der Waals surface area contributed by atoms with Crippen molar-refractivity contribution in [3.8, 4) is 5.75 Å². The van der Waals surface area contributed by atoms with Crippen LogP contribution in [0.5, 0.6) is 5.75 Å². The van der Waals surface area contributed by atoms with Gasteiger partial charge < -0.3 is 10.2 Å². The van der Waals surface area contributed by atoms with Gasteiger partial charge in [-0.25, -0.2) is 0 Å². The van der Waals surface area contributed by atoms with Crippen LogP contribution in [0.25, 0.3) is 0 Å². The molecule has 0 spiro atoms. The van der Waals surface area contributed by atoms with Crippen molar-refractivity contribution in [2.75, 3.05) is 5.75 Å². The largest absolute Gasteiger partial charge is 0.507 e. The highest BCUT2D eigenvalue weighted by atomic mass is 32.2. The van der Waals surface area contributed by atoms with E-state index in [4.69, 9.17) is 5.11 Å². The molecule has 0 amide bonds. The summed E-state index contributed by atoms with van der Waals surface area (Å²) < 4.78 is 0. The Morgan fingerprint density at radius 2 is 1.40 bits per heavy atom. The number of aliphatic carboxylic acids is 1. The van der Waals surface area contributed by atoms with Crippen molar-refractivity contribution in [1.82, 2.24) is 0 Å². The number of carbonyl (C=O) groups is 1. The van der Waals surface area contributed by atoms with Gasteiger partial charge in [0.25, 0.3) is 0 Å². The summed E-state index contributed by atoms with van der Waals surface area (Å²) in [4.78, 5) is 11.7. The lowest BCUT2D eigenvalue weighted by atomic mass is 9.79. The Hall–Kier alpha value is -1.16. The van der Waals surface area contributed by atoms with Crippen molar-refractivity contribution in [3.63, 3.8) is 0 Å². The summed E-state index contributed by atoms with van der Waals surface area (Å²) >= 11 is 1.83. The lowest BCUT2D eigenvalue weighted by molar-refractivity contribution is -0.137. The number of phenols is 1. The molecule has 4 heteroatoms. The number of hydrogen-bond donors (Lipinski definition) is 2. The summed E-state index contributed by atoms with van der Waals surface area (Å²) in [6, 6.07) is 4.25. The second-order valence-corrected chi connectivity index (χ2v) is 9.94. The van der Waals surface area contributed by atoms with Crippen LogP contribution in [0.2, 0.25) is 0 Å². The van der Waals surface area contributed by atoms with E-state index in [2.05, 4.69) is 53.7 Å². The summed E-state index contributed by atoms with van der Waals surface area (Å²) in [5.74, 6) is 0.742. The molecule has 0 aliphatic rings. The van der Waals surface area contributed by atoms with Crippen molar-refractivity contribution in [2.45, 2.75) is 89.4 Å². The summed E-state index contributed by atoms with van der Waals surface area (Å²) in [5.41, 5.74) is 1.81. The minimum Gasteiger partial charge on any atom is -0.507 e. The molecule has 0 aromatic heterocycles. The molecular weight excluding hydrogens is 332 g/mol. The van der Waals surface area contributed by atoms with Crippen LogP contribution < -0.4 is 0 Å². The summed E-state index contributed by atoms with van der Waals surface area (Å²) in [7, 11) is 0. The van der Waals surface area contributed by atoms with Crippen molar-refractivity contribution in [1.29, 1.82) is 0 Å². The molecule has 1 aromatic rings. The predicted molar refractivity (Wildman–Crippen MR) is 107 cm³/mol. The first-order chi connectivity index (χ1) is 11.4. The van der Waals surface area contributed by atoms with E-state index in [1.807, 2.05) is 11.8 Å². The van der Waals surface area contributed by atoms with Gasteiger partial charge in [0.15, 0.2) is 0 Å². The van der Waals surface area contributed by atoms with Gasteiger partial charge in [0.1, 0.15) is 5.75 Å². The molecule has 0 atom stereocenters. The van der Waals surface area contributed by atoms with Crippen LogP contribution >= 0.6 is 11.8 Å². The van der Waals surface area contributed by atoms with Crippen LogP contribution in [-0.4, -0.2) is 21.9 Å². The number of hydrogen-bond acceptors (Lipinski definition) is 3. The molecule has 1 rings (SSSR count). The quantitative estimate of drug-likeness (QED) is 0.430. The molecule has 0 heterocycles. The van der Waals surface area contributed by atoms with Crippen LogP contribution in [0.15, 0.2) is 17.0 Å². The number of phenolic OH excluding ortho intramolecular Hbond substituents is 1. The fourth-order valence-electron chi connectivity index (χ4n) is 2.76. The number of benzene rings is 1. The maximum absolute atomic E-state index is 10.7. The molecule has 0 aliphatic carbocycles. The third-order valence-corrected chi connectivity index (χ3v) is 5.32. The second-order valence-electron chi connectivity index (χ2n) is 8.77. The van der Waals surface area contributed by atoms with Crippen molar-refractivity contribution in [3.05, 3.63) is 23.3 Å². The minimum atomic E-state index is -0.706. The van der Waals surface area contributed by atoms with Gasteiger partial charge in [-0.2, -0.15) is 0 Å². The van der Waals surface area contributed by atoms with E-state index in [1.54, 1.807) is 0 Å². The maximum Gasteiger partial charge on any atom is 0.303 e. The molecular formula is C21H34O3S. The number of carboxylic acids is 1. The monoisotopic (exact) mass is 366 g/mol. The van der Waals surface area contributed by atoms with Gasteiger partial charge in [0.2, 0.25) is 0 Å². The fourth-order valence-corrected chi connectivity index (χ4v) is 3.74. The third-order valence-electron chi connectivity index (χ3n) is 4.25. The van der Waals surface area contributed by atoms with E-state index >= 15 is 0 Å². The summed E-state index contributed by atoms with van der Waals surface area (Å²) in [5, 5.41) is 19.4. The minimum absolute atomic E-state index is 0.0997. The van der Waals surface area contributed by atoms with Crippen LogP contribution in [0.4, 0.5) is 0 Å². The summed E-state index contributed by atoms with van der Waals surface area (Å²) in [6.45, 7) is 12.8. The third kappa shape index (κ3) is 7.31. The van der Waals surface area contributed by atoms with Crippen molar-refractivity contribution < 1.29 is 15.0 Å². The average Bonchev–Trinajstić information content (AvgIpc) is 2.44. The van der Waals surface area contributed by atoms with Gasteiger partial charge >= 0.3 is 5.97 Å². The predicted octanol–water partition coefficient (Wildman–Crippen LogP) is 6.11. The van der Waals surface area contributed by atoms with Crippen LogP contribution in [0, 0.1) is 0 Å². The van der Waals surface area contributed by atoms with Crippen LogP contribution in [-0.2, 0) is 15.6 Å². The molecule has 3 nitrogen and oxygen atoms in total. The topological polar surface area (TPSA) is 57.5 Å². The Labute approximate surface area is 157 Å². The van der Waals surface area contributed by atoms with Gasteiger partial charge in [-0.05, 0) is 41.6 Å². The van der Waals surface area contributed by atoms with Gasteiger partial charge in [0, 0.05) is 22.4 Å². The molecule has 0 saturated heterocycles. The Morgan fingerprint density at radius 1 is 0.920 bits per heavy atom. The van der Waals surface area contributed by atoms with E-state index in [-0.39, 0.29) is 17.3 Å². The van der Waals surface area contributed by atoms with Gasteiger partial charge in [-0.3, -0.25) is 4.79 Å². The van der Waals surface area contributed by atoms with E-state index in [0.717, 1.165) is 42.6 Å². The molecule has 0 saturated carbocycles. The van der Waals surface area contributed by atoms with Crippen LogP contribution in [0.1, 0.15) is 84.8 Å². The van der Waals surface area contributed by atoms with Crippen LogP contribution in [0.3, 0.4) is 0 Å². The van der Waals surface area contributed by atoms with Gasteiger partial charge in [0.05, 0.1) is 0 Å². The first-order valence-electron chi connectivity index (χ1n) is 9.15. The second kappa shape index (κ2) is 8.98. The standard InChI is InChI=1S/C21H34O3S/c1-20(2,3)16-13-15(14-17(19(16)24)21(4,5)6)25-12-10-8-7-9-11-18(22)23/h13-14,24H,7-12H2,1-6H3,(H,22,23). The highest BCUT2D eigenvalue weighted by Crippen LogP contribution is 2.41. The highest BCUT2D eigenvalue weighted by Gasteiger charge is 2.26. The van der Waals surface area contributed by atoms with Crippen molar-refractivity contribution in [2.24, 2.45) is 0 Å². The molecule has 1 aromatic carbocycles. The number of unbranched alkanes of at least 4 members (excludes halogenated alkanes) is 3. The van der Waals surface area contributed by atoms with E-state index in [1.165, 1.54) is 4.90 Å². The smallest absolute Gasteiger partial charge is 0.303 e. The van der Waals surface area contributed by atoms with Gasteiger partial charge in [-0.1, -0.05) is 54.4 Å². The Morgan fingerprint density at radius 3 is 1.84 bits per heavy atom. The molecule has 0 fully saturated rings. The maximum atomic E-state index is 10.7. The average molecular weight is 367 g/mol. The first kappa shape index (κ1) is 21.9. The SMILES string of the molecule is CC(C)(C)c1cc(SCCCCCCC(=O)O)cc(C(C)(C)C)c1O. The van der Waals surface area contributed by atoms with Gasteiger partial charge in [-0.15, -0.1) is 11.8 Å². The van der Waals surface area contributed by atoms with E-state index in [0.29, 0.717) is 5.75 Å². The number of aromatic hydroxyl groups is 1. The molecule has 2 N–H and O–H groups in total. The zero-order valence-corrected chi connectivity index (χ0v) is 17.4. The molecule has 0 bridgehead atoms. The number of carboxylic acid groups (broad SMARTS) is 1. The zero-order chi connectivity index (χ0) is 19.3. The molecule has 0 radical (unpaired) electrons. The lowest BCUT2D eigenvalue weighted by Crippen LogP contribution is -2.17. The molecule has 25 heavy (non-hydrogen) atoms. The Kier molecular flexibility index (Phi) is 7.86. The van der Waals surface area contributed by atoms with E-state index in [9.17, 15) is 9.90 Å². The normalized spacial score (nSPS) is 12.4. The number of rotatable bonds is 8. The Balaban J connectivity index is 2.75.